The van der Waals surface area contributed by atoms with Crippen molar-refractivity contribution in [2.24, 2.45) is 5.92 Å². The number of carbonyl (C=O) groups excluding carboxylic acids is 1. The number of nitrogens with zero attached hydrogens (tertiary/aromatic N) is 4. The van der Waals surface area contributed by atoms with E-state index in [1.807, 2.05) is 31.2 Å². The summed E-state index contributed by atoms with van der Waals surface area (Å²) in [4.78, 5) is 12.8. The summed E-state index contributed by atoms with van der Waals surface area (Å²) in [5.74, 6) is -0.195. The van der Waals surface area contributed by atoms with E-state index >= 15 is 0 Å². The maximum Gasteiger partial charge on any atom is 0.243 e. The molecule has 1 aliphatic heterocycles. The van der Waals surface area contributed by atoms with Crippen molar-refractivity contribution in [3.05, 3.63) is 53.6 Å². The van der Waals surface area contributed by atoms with Crippen molar-refractivity contribution in [2.75, 3.05) is 13.1 Å². The van der Waals surface area contributed by atoms with Gasteiger partial charge in [0.25, 0.3) is 0 Å². The number of fused-ring (bicyclic) bond motifs is 1. The van der Waals surface area contributed by atoms with Crippen molar-refractivity contribution in [2.45, 2.75) is 51.1 Å². The first kappa shape index (κ1) is 22.4. The SMILES string of the molecule is CCCn1nnc2cc(S(=O)(=O)N3CCC(C(=O)NCc4ccc(C)cc4)CC3)ccc21. The van der Waals surface area contributed by atoms with Gasteiger partial charge in [0, 0.05) is 32.1 Å². The number of aromatic nitrogens is 3. The zero-order valence-electron chi connectivity index (χ0n) is 18.5. The molecule has 170 valence electrons. The van der Waals surface area contributed by atoms with Crippen molar-refractivity contribution >= 4 is 27.0 Å². The van der Waals surface area contributed by atoms with Gasteiger partial charge in [-0.05, 0) is 49.9 Å². The lowest BCUT2D eigenvalue weighted by atomic mass is 9.97. The van der Waals surface area contributed by atoms with Gasteiger partial charge >= 0.3 is 0 Å². The number of rotatable bonds is 7. The molecule has 8 nitrogen and oxygen atoms in total. The molecule has 1 amide bonds. The van der Waals surface area contributed by atoms with Gasteiger partial charge < -0.3 is 5.32 Å². The van der Waals surface area contributed by atoms with Crippen LogP contribution in [-0.2, 0) is 27.9 Å². The van der Waals surface area contributed by atoms with Crippen molar-refractivity contribution in [3.63, 3.8) is 0 Å². The van der Waals surface area contributed by atoms with E-state index in [9.17, 15) is 13.2 Å². The van der Waals surface area contributed by atoms with E-state index in [1.54, 1.807) is 22.9 Å². The Labute approximate surface area is 188 Å². The topological polar surface area (TPSA) is 97.2 Å². The molecule has 1 saturated heterocycles. The van der Waals surface area contributed by atoms with Gasteiger partial charge in [-0.2, -0.15) is 4.31 Å². The molecule has 1 N–H and O–H groups in total. The van der Waals surface area contributed by atoms with Crippen LogP contribution in [0.3, 0.4) is 0 Å². The minimum atomic E-state index is -3.64. The quantitative estimate of drug-likeness (QED) is 0.591. The van der Waals surface area contributed by atoms with Gasteiger partial charge in [-0.15, -0.1) is 5.10 Å². The molecule has 4 rings (SSSR count). The smallest absolute Gasteiger partial charge is 0.243 e. The van der Waals surface area contributed by atoms with Gasteiger partial charge in [-0.3, -0.25) is 4.79 Å². The first-order valence-corrected chi connectivity index (χ1v) is 12.5. The number of sulfonamides is 1. The Morgan fingerprint density at radius 2 is 1.84 bits per heavy atom. The molecular formula is C23H29N5O3S. The van der Waals surface area contributed by atoms with E-state index in [-0.39, 0.29) is 16.7 Å². The van der Waals surface area contributed by atoms with Crippen LogP contribution >= 0.6 is 0 Å². The number of amides is 1. The summed E-state index contributed by atoms with van der Waals surface area (Å²) in [5.41, 5.74) is 3.63. The molecule has 0 radical (unpaired) electrons. The first-order chi connectivity index (χ1) is 15.4. The van der Waals surface area contributed by atoms with E-state index in [0.29, 0.717) is 38.0 Å². The molecule has 0 aliphatic carbocycles. The second kappa shape index (κ2) is 9.38. The minimum Gasteiger partial charge on any atom is -0.352 e. The van der Waals surface area contributed by atoms with Crippen LogP contribution in [0.4, 0.5) is 0 Å². The standard InChI is InChI=1S/C23H29N5O3S/c1-3-12-28-22-9-8-20(15-21(22)25-26-28)32(30,31)27-13-10-19(11-14-27)23(29)24-16-18-6-4-17(2)5-7-18/h4-9,15,19H,3,10-14,16H2,1-2H3,(H,24,29). The van der Waals surface area contributed by atoms with E-state index < -0.39 is 10.0 Å². The molecule has 0 unspecified atom stereocenters. The lowest BCUT2D eigenvalue weighted by molar-refractivity contribution is -0.126. The molecule has 0 bridgehead atoms. The Balaban J connectivity index is 1.37. The maximum absolute atomic E-state index is 13.1. The minimum absolute atomic E-state index is 0.0171. The van der Waals surface area contributed by atoms with Gasteiger partial charge in [-0.1, -0.05) is 42.0 Å². The van der Waals surface area contributed by atoms with E-state index in [4.69, 9.17) is 0 Å². The molecule has 1 aliphatic rings. The van der Waals surface area contributed by atoms with Crippen molar-refractivity contribution in [3.8, 4) is 0 Å². The number of aryl methyl sites for hydroxylation is 2. The van der Waals surface area contributed by atoms with Gasteiger partial charge in [0.1, 0.15) is 5.52 Å². The number of nitrogens with one attached hydrogen (secondary N) is 1. The average Bonchev–Trinajstić information content (AvgIpc) is 3.21. The summed E-state index contributed by atoms with van der Waals surface area (Å²) < 4.78 is 29.5. The van der Waals surface area contributed by atoms with Crippen LogP contribution in [0.2, 0.25) is 0 Å². The number of carbonyl (C=O) groups is 1. The summed E-state index contributed by atoms with van der Waals surface area (Å²) in [7, 11) is -3.64. The maximum atomic E-state index is 13.1. The molecule has 3 aromatic rings. The van der Waals surface area contributed by atoms with Crippen LogP contribution in [-0.4, -0.2) is 46.7 Å². The highest BCUT2D eigenvalue weighted by Crippen LogP contribution is 2.26. The lowest BCUT2D eigenvalue weighted by Gasteiger charge is -2.30. The van der Waals surface area contributed by atoms with Crippen molar-refractivity contribution in [1.29, 1.82) is 0 Å². The van der Waals surface area contributed by atoms with Crippen LogP contribution in [0.15, 0.2) is 47.4 Å². The Morgan fingerprint density at radius 1 is 1.12 bits per heavy atom. The molecule has 0 saturated carbocycles. The molecule has 9 heteroatoms. The fourth-order valence-electron chi connectivity index (χ4n) is 4.04. The summed E-state index contributed by atoms with van der Waals surface area (Å²) in [6.07, 6.45) is 1.94. The second-order valence-corrected chi connectivity index (χ2v) is 10.3. The van der Waals surface area contributed by atoms with Crippen LogP contribution in [0.5, 0.6) is 0 Å². The third-order valence-electron chi connectivity index (χ3n) is 5.97. The van der Waals surface area contributed by atoms with Crippen LogP contribution in [0, 0.1) is 12.8 Å². The zero-order chi connectivity index (χ0) is 22.7. The van der Waals surface area contributed by atoms with Crippen LogP contribution in [0.1, 0.15) is 37.3 Å². The molecule has 2 aromatic carbocycles. The molecular weight excluding hydrogens is 426 g/mol. The molecule has 1 aromatic heterocycles. The highest BCUT2D eigenvalue weighted by Gasteiger charge is 2.32. The average molecular weight is 456 g/mol. The molecule has 2 heterocycles. The highest BCUT2D eigenvalue weighted by molar-refractivity contribution is 7.89. The second-order valence-electron chi connectivity index (χ2n) is 8.34. The Bertz CT molecular complexity index is 1200. The third-order valence-corrected chi connectivity index (χ3v) is 7.87. The third kappa shape index (κ3) is 4.68. The summed E-state index contributed by atoms with van der Waals surface area (Å²) >= 11 is 0. The summed E-state index contributed by atoms with van der Waals surface area (Å²) in [6.45, 7) is 5.95. The fourth-order valence-corrected chi connectivity index (χ4v) is 5.53. The summed E-state index contributed by atoms with van der Waals surface area (Å²) in [5, 5.41) is 11.2. The first-order valence-electron chi connectivity index (χ1n) is 11.0. The Hall–Kier alpha value is -2.78. The number of hydrogen-bond acceptors (Lipinski definition) is 5. The van der Waals surface area contributed by atoms with Gasteiger partial charge in [0.15, 0.2) is 0 Å². The molecule has 0 spiro atoms. The largest absolute Gasteiger partial charge is 0.352 e. The highest BCUT2D eigenvalue weighted by atomic mass is 32.2. The predicted molar refractivity (Wildman–Crippen MR) is 122 cm³/mol. The molecule has 1 fully saturated rings. The number of benzene rings is 2. The lowest BCUT2D eigenvalue weighted by Crippen LogP contribution is -2.42. The molecule has 32 heavy (non-hydrogen) atoms. The normalized spacial score (nSPS) is 15.8. The van der Waals surface area contributed by atoms with E-state index in [0.717, 1.165) is 24.0 Å². The zero-order valence-corrected chi connectivity index (χ0v) is 19.3. The van der Waals surface area contributed by atoms with Crippen molar-refractivity contribution in [1.82, 2.24) is 24.6 Å². The monoisotopic (exact) mass is 455 g/mol. The van der Waals surface area contributed by atoms with Gasteiger partial charge in [0.05, 0.1) is 10.4 Å². The number of hydrogen-bond donors (Lipinski definition) is 1. The Morgan fingerprint density at radius 3 is 2.53 bits per heavy atom. The van der Waals surface area contributed by atoms with Crippen LogP contribution in [0.25, 0.3) is 11.0 Å². The predicted octanol–water partition coefficient (Wildman–Crippen LogP) is 2.87. The van der Waals surface area contributed by atoms with Gasteiger partial charge in [-0.25, -0.2) is 13.1 Å². The Kier molecular flexibility index (Phi) is 6.57. The van der Waals surface area contributed by atoms with Crippen molar-refractivity contribution < 1.29 is 13.2 Å². The fraction of sp³-hybridized carbons (Fsp3) is 0.435. The van der Waals surface area contributed by atoms with E-state index in [2.05, 4.69) is 22.6 Å². The number of piperidine rings is 1. The molecule has 0 atom stereocenters. The van der Waals surface area contributed by atoms with E-state index in [1.165, 1.54) is 9.87 Å². The summed E-state index contributed by atoms with van der Waals surface area (Å²) in [6, 6.07) is 13.0. The van der Waals surface area contributed by atoms with Gasteiger partial charge in [0.2, 0.25) is 15.9 Å². The van der Waals surface area contributed by atoms with Crippen LogP contribution < -0.4 is 5.32 Å².